The molecule has 1 saturated heterocycles. The molecule has 3 rings (SSSR count). The number of rotatable bonds is 3. The minimum absolute atomic E-state index is 0.0964. The van der Waals surface area contributed by atoms with E-state index in [2.05, 4.69) is 22.1 Å². The average Bonchev–Trinajstić information content (AvgIpc) is 2.61. The number of benzene rings is 1. The second kappa shape index (κ2) is 6.67. The van der Waals surface area contributed by atoms with Gasteiger partial charge in [0.15, 0.2) is 5.56 Å². The maximum atomic E-state index is 13.4. The Labute approximate surface area is 138 Å². The molecule has 1 aliphatic rings. The van der Waals surface area contributed by atoms with Gasteiger partial charge in [-0.05, 0) is 24.3 Å². The minimum Gasteiger partial charge on any atom is -0.480 e. The maximum absolute atomic E-state index is 13.4. The van der Waals surface area contributed by atoms with Crippen LogP contribution in [0, 0.1) is 0 Å². The number of aromatic nitrogens is 2. The molecule has 1 fully saturated rings. The zero-order valence-corrected chi connectivity index (χ0v) is 13.3. The van der Waals surface area contributed by atoms with Crippen molar-refractivity contribution in [1.82, 2.24) is 9.97 Å². The molecule has 7 heteroatoms. The Morgan fingerprint density at radius 1 is 1.08 bits per heavy atom. The van der Waals surface area contributed by atoms with E-state index in [1.165, 1.54) is 12.7 Å². The molecule has 0 atom stereocenters. The molecule has 128 valence electrons. The van der Waals surface area contributed by atoms with E-state index in [0.29, 0.717) is 19.0 Å². The Balaban J connectivity index is 1.82. The summed E-state index contributed by atoms with van der Waals surface area (Å²) in [5.41, 5.74) is 0.333. The number of alkyl halides is 3. The zero-order chi connectivity index (χ0) is 17.2. The van der Waals surface area contributed by atoms with Crippen molar-refractivity contribution in [3.05, 3.63) is 47.8 Å². The monoisotopic (exact) mass is 337 g/mol. The minimum atomic E-state index is -4.56. The summed E-state index contributed by atoms with van der Waals surface area (Å²) in [6.45, 7) is 1.03. The lowest BCUT2D eigenvalue weighted by Gasteiger charge is -2.34. The van der Waals surface area contributed by atoms with Gasteiger partial charge in [-0.25, -0.2) is 9.97 Å². The first-order valence-electron chi connectivity index (χ1n) is 7.76. The SMILES string of the molecule is COc1ncnc(N2CCC(c3ccccc3)CC2)c1C(F)(F)F. The number of piperidine rings is 1. The highest BCUT2D eigenvalue weighted by Crippen LogP contribution is 2.41. The van der Waals surface area contributed by atoms with E-state index in [1.54, 1.807) is 4.90 Å². The second-order valence-electron chi connectivity index (χ2n) is 5.75. The summed E-state index contributed by atoms with van der Waals surface area (Å²) in [6, 6.07) is 10.1. The highest BCUT2D eigenvalue weighted by Gasteiger charge is 2.41. The summed E-state index contributed by atoms with van der Waals surface area (Å²) in [4.78, 5) is 9.16. The molecule has 1 aromatic heterocycles. The first kappa shape index (κ1) is 16.5. The van der Waals surface area contributed by atoms with E-state index < -0.39 is 17.6 Å². The van der Waals surface area contributed by atoms with Gasteiger partial charge in [-0.1, -0.05) is 30.3 Å². The first-order chi connectivity index (χ1) is 11.5. The third kappa shape index (κ3) is 3.29. The number of halogens is 3. The molecule has 0 bridgehead atoms. The number of nitrogens with zero attached hydrogens (tertiary/aromatic N) is 3. The van der Waals surface area contributed by atoms with Crippen LogP contribution in [-0.2, 0) is 6.18 Å². The number of hydrogen-bond acceptors (Lipinski definition) is 4. The zero-order valence-electron chi connectivity index (χ0n) is 13.3. The van der Waals surface area contributed by atoms with Crippen LogP contribution in [0.15, 0.2) is 36.7 Å². The average molecular weight is 337 g/mol. The van der Waals surface area contributed by atoms with E-state index in [-0.39, 0.29) is 5.82 Å². The van der Waals surface area contributed by atoms with Gasteiger partial charge >= 0.3 is 6.18 Å². The fourth-order valence-electron chi connectivity index (χ4n) is 3.15. The van der Waals surface area contributed by atoms with Gasteiger partial charge in [0.05, 0.1) is 7.11 Å². The van der Waals surface area contributed by atoms with Crippen molar-refractivity contribution in [1.29, 1.82) is 0 Å². The van der Waals surface area contributed by atoms with Crippen LogP contribution in [0.4, 0.5) is 19.0 Å². The fourth-order valence-corrected chi connectivity index (χ4v) is 3.15. The molecule has 0 radical (unpaired) electrons. The third-order valence-corrected chi connectivity index (χ3v) is 4.33. The molecular weight excluding hydrogens is 319 g/mol. The molecule has 0 spiro atoms. The van der Waals surface area contributed by atoms with E-state index in [9.17, 15) is 13.2 Å². The van der Waals surface area contributed by atoms with Crippen molar-refractivity contribution in [2.24, 2.45) is 0 Å². The predicted molar refractivity (Wildman–Crippen MR) is 84.2 cm³/mol. The van der Waals surface area contributed by atoms with E-state index in [1.807, 2.05) is 18.2 Å². The Hall–Kier alpha value is -2.31. The van der Waals surface area contributed by atoms with Crippen LogP contribution in [0.3, 0.4) is 0 Å². The molecule has 0 amide bonds. The van der Waals surface area contributed by atoms with Crippen LogP contribution in [0.25, 0.3) is 0 Å². The van der Waals surface area contributed by atoms with Crippen LogP contribution < -0.4 is 9.64 Å². The Morgan fingerprint density at radius 3 is 2.33 bits per heavy atom. The molecule has 0 unspecified atom stereocenters. The molecule has 2 heterocycles. The molecular formula is C17H18F3N3O. The van der Waals surface area contributed by atoms with Crippen molar-refractivity contribution in [3.8, 4) is 5.88 Å². The van der Waals surface area contributed by atoms with Gasteiger partial charge in [-0.2, -0.15) is 13.2 Å². The molecule has 4 nitrogen and oxygen atoms in total. The number of ether oxygens (including phenoxy) is 1. The van der Waals surface area contributed by atoms with Crippen molar-refractivity contribution in [3.63, 3.8) is 0 Å². The van der Waals surface area contributed by atoms with Gasteiger partial charge in [0, 0.05) is 13.1 Å². The third-order valence-electron chi connectivity index (χ3n) is 4.33. The van der Waals surface area contributed by atoms with Gasteiger partial charge in [-0.3, -0.25) is 0 Å². The smallest absolute Gasteiger partial charge is 0.425 e. The molecule has 2 aromatic rings. The van der Waals surface area contributed by atoms with Gasteiger partial charge in [0.2, 0.25) is 5.88 Å². The quantitative estimate of drug-likeness (QED) is 0.852. The fraction of sp³-hybridized carbons (Fsp3) is 0.412. The number of hydrogen-bond donors (Lipinski definition) is 0. The second-order valence-corrected chi connectivity index (χ2v) is 5.75. The van der Waals surface area contributed by atoms with Gasteiger partial charge < -0.3 is 9.64 Å². The Kier molecular flexibility index (Phi) is 4.59. The van der Waals surface area contributed by atoms with Crippen molar-refractivity contribution in [2.45, 2.75) is 24.9 Å². The number of methoxy groups -OCH3 is 1. The highest BCUT2D eigenvalue weighted by molar-refractivity contribution is 5.53. The van der Waals surface area contributed by atoms with E-state index in [4.69, 9.17) is 4.74 Å². The molecule has 24 heavy (non-hydrogen) atoms. The van der Waals surface area contributed by atoms with Crippen LogP contribution in [-0.4, -0.2) is 30.2 Å². The van der Waals surface area contributed by atoms with Crippen molar-refractivity contribution < 1.29 is 17.9 Å². The van der Waals surface area contributed by atoms with Crippen LogP contribution >= 0.6 is 0 Å². The summed E-state index contributed by atoms with van der Waals surface area (Å²) in [5.74, 6) is -0.168. The molecule has 1 aliphatic heterocycles. The summed E-state index contributed by atoms with van der Waals surface area (Å²) < 4.78 is 45.0. The lowest BCUT2D eigenvalue weighted by atomic mass is 9.89. The van der Waals surface area contributed by atoms with Gasteiger partial charge in [0.1, 0.15) is 12.1 Å². The Bertz CT molecular complexity index is 683. The summed E-state index contributed by atoms with van der Waals surface area (Å²) >= 11 is 0. The van der Waals surface area contributed by atoms with Crippen LogP contribution in [0.5, 0.6) is 5.88 Å². The molecule has 0 aliphatic carbocycles. The largest absolute Gasteiger partial charge is 0.480 e. The maximum Gasteiger partial charge on any atom is 0.425 e. The van der Waals surface area contributed by atoms with E-state index >= 15 is 0 Å². The Morgan fingerprint density at radius 2 is 1.75 bits per heavy atom. The van der Waals surface area contributed by atoms with Crippen molar-refractivity contribution in [2.75, 3.05) is 25.1 Å². The van der Waals surface area contributed by atoms with Crippen LogP contribution in [0.2, 0.25) is 0 Å². The standard InChI is InChI=1S/C17H18F3N3O/c1-24-16-14(17(18,19)20)15(21-11-22-16)23-9-7-13(8-10-23)12-5-3-2-4-6-12/h2-6,11,13H,7-10H2,1H3. The van der Waals surface area contributed by atoms with Crippen molar-refractivity contribution >= 4 is 5.82 Å². The first-order valence-corrected chi connectivity index (χ1v) is 7.76. The van der Waals surface area contributed by atoms with Gasteiger partial charge in [0.25, 0.3) is 0 Å². The summed E-state index contributed by atoms with van der Waals surface area (Å²) in [6.07, 6.45) is -1.87. The topological polar surface area (TPSA) is 38.3 Å². The summed E-state index contributed by atoms with van der Waals surface area (Å²) in [7, 11) is 1.18. The molecule has 1 aromatic carbocycles. The van der Waals surface area contributed by atoms with E-state index in [0.717, 1.165) is 19.2 Å². The predicted octanol–water partition coefficient (Wildman–Crippen LogP) is 3.89. The van der Waals surface area contributed by atoms with Gasteiger partial charge in [-0.15, -0.1) is 0 Å². The lowest BCUT2D eigenvalue weighted by molar-refractivity contribution is -0.138. The highest BCUT2D eigenvalue weighted by atomic mass is 19.4. The normalized spacial score (nSPS) is 16.2. The molecule has 0 N–H and O–H groups in total. The lowest BCUT2D eigenvalue weighted by Crippen LogP contribution is -2.35. The van der Waals surface area contributed by atoms with Crippen LogP contribution in [0.1, 0.15) is 29.9 Å². The number of anilines is 1. The summed E-state index contributed by atoms with van der Waals surface area (Å²) in [5, 5.41) is 0. The molecule has 0 saturated carbocycles.